The van der Waals surface area contributed by atoms with Crippen molar-refractivity contribution in [2.75, 3.05) is 6.61 Å². The van der Waals surface area contributed by atoms with Crippen molar-refractivity contribution in [3.8, 4) is 0 Å². The Bertz CT molecular complexity index is 1010. The third kappa shape index (κ3) is 5.82. The van der Waals surface area contributed by atoms with E-state index in [4.69, 9.17) is 25.1 Å². The highest BCUT2D eigenvalue weighted by Gasteiger charge is 2.50. The first-order chi connectivity index (χ1) is 15.7. The van der Waals surface area contributed by atoms with Gasteiger partial charge in [-0.25, -0.2) is 0 Å². The van der Waals surface area contributed by atoms with E-state index in [2.05, 4.69) is 0 Å². The fourth-order valence-electron chi connectivity index (χ4n) is 3.54. The van der Waals surface area contributed by atoms with Crippen LogP contribution >= 0.6 is 0 Å². The molecule has 3 rings (SSSR count). The quantitative estimate of drug-likeness (QED) is 0.501. The van der Waals surface area contributed by atoms with Crippen molar-refractivity contribution in [3.63, 3.8) is 0 Å². The van der Waals surface area contributed by atoms with Crippen LogP contribution in [0, 0.1) is 0 Å². The summed E-state index contributed by atoms with van der Waals surface area (Å²) in [4.78, 5) is 34.8. The Balaban J connectivity index is 1.91. The monoisotopic (exact) mass is 447 g/mol. The molecule has 0 spiro atoms. The zero-order valence-corrected chi connectivity index (χ0v) is 17.9. The predicted molar refractivity (Wildman–Crippen MR) is 111 cm³/mol. The lowest BCUT2D eigenvalue weighted by atomic mass is 9.98. The molecule has 2 unspecified atom stereocenters. The zero-order valence-electron chi connectivity index (χ0n) is 18.9. The molecule has 1 aliphatic heterocycles. The van der Waals surface area contributed by atoms with Gasteiger partial charge in [0.25, 0.3) is 0 Å². The van der Waals surface area contributed by atoms with E-state index in [9.17, 15) is 19.5 Å². The fraction of sp³-hybridized carbons (Fsp3) is 0.435. The van der Waals surface area contributed by atoms with Crippen molar-refractivity contribution in [1.82, 2.24) is 0 Å². The molecule has 0 saturated carbocycles. The number of carbonyl (C=O) groups excluding carboxylic acids is 3. The Morgan fingerprint density at radius 1 is 0.938 bits per heavy atom. The largest absolute Gasteiger partial charge is 0.463 e. The number of carbonyl (C=O) groups is 3. The highest BCUT2D eigenvalue weighted by Crippen LogP contribution is 2.29. The number of ether oxygens (including phenoxy) is 5. The summed E-state index contributed by atoms with van der Waals surface area (Å²) in [6.07, 6.45) is -6.73. The molecule has 2 aromatic carbocycles. The van der Waals surface area contributed by atoms with Crippen molar-refractivity contribution in [2.45, 2.75) is 58.1 Å². The van der Waals surface area contributed by atoms with Crippen LogP contribution in [0.1, 0.15) is 27.7 Å². The molecule has 0 aromatic heterocycles. The molecule has 1 N–H and O–H groups in total. The summed E-state index contributed by atoms with van der Waals surface area (Å²) in [7, 11) is 0. The van der Waals surface area contributed by atoms with Crippen molar-refractivity contribution in [1.29, 1.82) is 0 Å². The second-order valence-electron chi connectivity index (χ2n) is 7.30. The molecule has 2 aromatic rings. The molecular formula is C23H26O9. The molecule has 0 aliphatic carbocycles. The normalized spacial score (nSPS) is 26.6. The van der Waals surface area contributed by atoms with Crippen LogP contribution in [0.25, 0.3) is 10.8 Å². The molecular weight excluding hydrogens is 420 g/mol. The smallest absolute Gasteiger partial charge is 0.303 e. The number of hydrogen-bond donors (Lipinski definition) is 1. The summed E-state index contributed by atoms with van der Waals surface area (Å²) in [6, 6.07) is 12.8. The molecule has 0 amide bonds. The van der Waals surface area contributed by atoms with E-state index in [0.717, 1.165) is 24.6 Å². The van der Waals surface area contributed by atoms with Crippen molar-refractivity contribution in [3.05, 3.63) is 48.0 Å². The van der Waals surface area contributed by atoms with Crippen molar-refractivity contribution >= 4 is 28.7 Å². The van der Waals surface area contributed by atoms with Gasteiger partial charge in [-0.05, 0) is 16.3 Å². The number of aliphatic hydroxyl groups is 1. The topological polar surface area (TPSA) is 118 Å². The maximum atomic E-state index is 11.8. The van der Waals surface area contributed by atoms with Gasteiger partial charge >= 0.3 is 17.9 Å². The van der Waals surface area contributed by atoms with E-state index < -0.39 is 55.2 Å². The first kappa shape index (κ1) is 22.2. The van der Waals surface area contributed by atoms with E-state index in [1.54, 1.807) is 12.1 Å². The minimum atomic E-state index is -1.66. The first-order valence-corrected chi connectivity index (χ1v) is 10.0. The molecule has 1 saturated heterocycles. The van der Waals surface area contributed by atoms with Gasteiger partial charge in [0.05, 0.1) is 7.95 Å². The van der Waals surface area contributed by atoms with Crippen LogP contribution in [0.2, 0.25) is 0 Å². The molecule has 1 aliphatic rings. The van der Waals surface area contributed by atoms with E-state index in [1.165, 1.54) is 6.92 Å². The Kier molecular flexibility index (Phi) is 7.31. The number of benzene rings is 2. The molecule has 172 valence electrons. The highest BCUT2D eigenvalue weighted by atomic mass is 16.7. The Morgan fingerprint density at radius 3 is 2.28 bits per heavy atom. The summed E-state index contributed by atoms with van der Waals surface area (Å²) in [5.41, 5.74) is 0.521. The zero-order chi connectivity index (χ0) is 24.1. The van der Waals surface area contributed by atoms with Crippen LogP contribution in [-0.2, 0) is 44.7 Å². The lowest BCUT2D eigenvalue weighted by Crippen LogP contribution is -2.62. The molecule has 32 heavy (non-hydrogen) atoms. The highest BCUT2D eigenvalue weighted by molar-refractivity contribution is 5.85. The average Bonchev–Trinajstić information content (AvgIpc) is 2.75. The van der Waals surface area contributed by atoms with Gasteiger partial charge < -0.3 is 28.8 Å². The van der Waals surface area contributed by atoms with Crippen molar-refractivity contribution in [2.24, 2.45) is 0 Å². The van der Waals surface area contributed by atoms with Gasteiger partial charge in [-0.2, -0.15) is 0 Å². The number of hydrogen-bond acceptors (Lipinski definition) is 9. The number of esters is 3. The van der Waals surface area contributed by atoms with Crippen LogP contribution in [0.15, 0.2) is 42.5 Å². The van der Waals surface area contributed by atoms with E-state index in [0.29, 0.717) is 5.56 Å². The van der Waals surface area contributed by atoms with E-state index in [-0.39, 0.29) is 6.61 Å². The molecule has 6 atom stereocenters. The van der Waals surface area contributed by atoms with Gasteiger partial charge in [0.15, 0.2) is 18.5 Å². The summed E-state index contributed by atoms with van der Waals surface area (Å²) in [5, 5.41) is 12.3. The second kappa shape index (κ2) is 10.5. The van der Waals surface area contributed by atoms with Gasteiger partial charge in [-0.15, -0.1) is 0 Å². The number of rotatable bonds is 7. The number of fused-ring (bicyclic) bond motifs is 1. The minimum Gasteiger partial charge on any atom is -0.463 e. The first-order valence-electron chi connectivity index (χ1n) is 10.6. The summed E-state index contributed by atoms with van der Waals surface area (Å²) in [5.74, 6) is -2.04. The van der Waals surface area contributed by atoms with Gasteiger partial charge in [0, 0.05) is 20.8 Å². The van der Waals surface area contributed by atoms with E-state index in [1.807, 2.05) is 30.3 Å². The van der Waals surface area contributed by atoms with Crippen LogP contribution in [0.5, 0.6) is 0 Å². The minimum absolute atomic E-state index is 0.359. The average molecular weight is 447 g/mol. The van der Waals surface area contributed by atoms with Gasteiger partial charge in [-0.1, -0.05) is 42.5 Å². The summed E-state index contributed by atoms with van der Waals surface area (Å²) in [6.45, 7) is 1.83. The molecule has 0 bridgehead atoms. The van der Waals surface area contributed by atoms with Gasteiger partial charge in [0.2, 0.25) is 0 Å². The maximum Gasteiger partial charge on any atom is 0.303 e. The SMILES string of the molecule is [2H]C(O[C@H]1C(O)O[C@H](COC(C)=O)[C@H](OC(C)=O)[C@@H]1OC(C)=O)c1cccc2ccccc12. The fourth-order valence-corrected chi connectivity index (χ4v) is 3.54. The Morgan fingerprint density at radius 2 is 1.59 bits per heavy atom. The van der Waals surface area contributed by atoms with Crippen LogP contribution in [-0.4, -0.2) is 60.3 Å². The lowest BCUT2D eigenvalue weighted by molar-refractivity contribution is -0.303. The third-order valence-electron chi connectivity index (χ3n) is 4.84. The van der Waals surface area contributed by atoms with E-state index >= 15 is 0 Å². The van der Waals surface area contributed by atoms with Crippen LogP contribution in [0.4, 0.5) is 0 Å². The summed E-state index contributed by atoms with van der Waals surface area (Å²) >= 11 is 0. The predicted octanol–water partition coefficient (Wildman–Crippen LogP) is 1.87. The lowest BCUT2D eigenvalue weighted by Gasteiger charge is -2.43. The van der Waals surface area contributed by atoms with Gasteiger partial charge in [0.1, 0.15) is 18.8 Å². The summed E-state index contributed by atoms with van der Waals surface area (Å²) < 4.78 is 35.5. The molecule has 9 nitrogen and oxygen atoms in total. The van der Waals surface area contributed by atoms with Crippen LogP contribution < -0.4 is 0 Å². The standard InChI is InChI=1S/C23H26O9/c1-13(24)28-12-19-20(30-14(2)25)21(31-15(3)26)22(23(27)32-19)29-11-17-9-6-8-16-7-4-5-10-18(16)17/h4-10,19-23,27H,11-12H2,1-3H3/t19-,20+,21+,22-,23?/m1/s1/i11D/t11?,19-,20+,21+,22-,23?. The number of aliphatic hydroxyl groups excluding tert-OH is 1. The Labute approximate surface area is 186 Å². The van der Waals surface area contributed by atoms with Crippen molar-refractivity contribution < 1.29 is 44.5 Å². The maximum absolute atomic E-state index is 11.8. The van der Waals surface area contributed by atoms with Crippen LogP contribution in [0.3, 0.4) is 0 Å². The molecule has 9 heteroatoms. The third-order valence-corrected chi connectivity index (χ3v) is 4.84. The molecule has 1 fully saturated rings. The second-order valence-corrected chi connectivity index (χ2v) is 7.30. The molecule has 0 radical (unpaired) electrons. The molecule has 1 heterocycles. The van der Waals surface area contributed by atoms with Gasteiger partial charge in [-0.3, -0.25) is 14.4 Å². The Hall–Kier alpha value is -3.01.